The van der Waals surface area contributed by atoms with Crippen molar-refractivity contribution < 1.29 is 23.1 Å². The quantitative estimate of drug-likeness (QED) is 0.385. The zero-order valence-electron chi connectivity index (χ0n) is 23.3. The Bertz CT molecular complexity index is 1430. The van der Waals surface area contributed by atoms with E-state index >= 15 is 0 Å². The first-order valence-electron chi connectivity index (χ1n) is 13.4. The lowest BCUT2D eigenvalue weighted by molar-refractivity contribution is -0.158. The predicted octanol–water partition coefficient (Wildman–Crippen LogP) is 4.75. The van der Waals surface area contributed by atoms with Gasteiger partial charge >= 0.3 is 5.97 Å². The monoisotopic (exact) mass is 554 g/mol. The molecule has 0 spiro atoms. The zero-order valence-corrected chi connectivity index (χ0v) is 24.1. The first-order chi connectivity index (χ1) is 18.5. The largest absolute Gasteiger partial charge is 0.481 e. The van der Waals surface area contributed by atoms with Gasteiger partial charge in [0.05, 0.1) is 29.2 Å². The summed E-state index contributed by atoms with van der Waals surface area (Å²) in [7, 11) is -3.71. The van der Waals surface area contributed by atoms with Gasteiger partial charge in [-0.05, 0) is 68.4 Å². The fraction of sp³-hybridized carbons (Fsp3) is 0.483. The Balaban J connectivity index is 1.68. The number of hydrogen-bond donors (Lipinski definition) is 1. The molecular formula is C29H38N4O5S. The summed E-state index contributed by atoms with van der Waals surface area (Å²) in [6.45, 7) is 10.6. The molecule has 0 bridgehead atoms. The van der Waals surface area contributed by atoms with E-state index in [1.807, 2.05) is 44.2 Å². The van der Waals surface area contributed by atoms with Crippen LogP contribution in [0.5, 0.6) is 0 Å². The molecule has 9 nitrogen and oxygen atoms in total. The van der Waals surface area contributed by atoms with E-state index in [2.05, 4.69) is 17.2 Å². The lowest BCUT2D eigenvalue weighted by Gasteiger charge is -2.31. The number of aryl methyl sites for hydroxylation is 2. The number of carboxylic acid groups (broad SMARTS) is 1. The minimum absolute atomic E-state index is 0.0973. The summed E-state index contributed by atoms with van der Waals surface area (Å²) < 4.78 is 37.0. The number of carbonyl (C=O) groups is 1. The molecule has 10 heteroatoms. The molecule has 2 aromatic carbocycles. The van der Waals surface area contributed by atoms with Crippen molar-refractivity contribution in [3.05, 3.63) is 76.6 Å². The summed E-state index contributed by atoms with van der Waals surface area (Å²) >= 11 is 0. The summed E-state index contributed by atoms with van der Waals surface area (Å²) in [5.41, 5.74) is 2.62. The van der Waals surface area contributed by atoms with Gasteiger partial charge in [0.25, 0.3) is 0 Å². The van der Waals surface area contributed by atoms with Crippen LogP contribution in [0.1, 0.15) is 68.2 Å². The number of benzene rings is 2. The van der Waals surface area contributed by atoms with Crippen LogP contribution < -0.4 is 0 Å². The van der Waals surface area contributed by atoms with E-state index in [-0.39, 0.29) is 19.1 Å². The van der Waals surface area contributed by atoms with Crippen LogP contribution in [0.15, 0.2) is 53.6 Å². The summed E-state index contributed by atoms with van der Waals surface area (Å²) in [4.78, 5) is 12.6. The maximum Gasteiger partial charge on any atom is 0.312 e. The summed E-state index contributed by atoms with van der Waals surface area (Å²) in [6, 6.07) is 12.9. The molecule has 0 aliphatic carbocycles. The highest BCUT2D eigenvalue weighted by molar-refractivity contribution is 7.89. The molecular weight excluding hydrogens is 516 g/mol. The fourth-order valence-electron chi connectivity index (χ4n) is 5.02. The lowest BCUT2D eigenvalue weighted by atomic mass is 9.81. The van der Waals surface area contributed by atoms with Crippen LogP contribution in [0.2, 0.25) is 0 Å². The van der Waals surface area contributed by atoms with Gasteiger partial charge in [-0.3, -0.25) is 9.48 Å². The number of ether oxygens (including phenoxy) is 1. The normalized spacial score (nSPS) is 18.3. The minimum atomic E-state index is -3.71. The molecule has 1 aromatic heterocycles. The van der Waals surface area contributed by atoms with Crippen LogP contribution in [0.3, 0.4) is 0 Å². The van der Waals surface area contributed by atoms with Crippen LogP contribution in [0.4, 0.5) is 0 Å². The highest BCUT2D eigenvalue weighted by Crippen LogP contribution is 2.39. The molecule has 0 saturated carbocycles. The molecule has 1 unspecified atom stereocenters. The number of carboxylic acids is 1. The maximum atomic E-state index is 13.8. The first kappa shape index (κ1) is 28.9. The van der Waals surface area contributed by atoms with Gasteiger partial charge < -0.3 is 9.84 Å². The van der Waals surface area contributed by atoms with Gasteiger partial charge in [0.2, 0.25) is 10.0 Å². The number of fused-ring (bicyclic) bond motifs is 1. The van der Waals surface area contributed by atoms with Crippen molar-refractivity contribution in [2.75, 3.05) is 6.54 Å². The van der Waals surface area contributed by atoms with Crippen molar-refractivity contribution in [1.29, 1.82) is 0 Å². The van der Waals surface area contributed by atoms with Gasteiger partial charge in [0, 0.05) is 19.6 Å². The molecule has 2 atom stereocenters. The third-order valence-corrected chi connectivity index (χ3v) is 9.59. The van der Waals surface area contributed by atoms with E-state index in [4.69, 9.17) is 4.74 Å². The van der Waals surface area contributed by atoms with Gasteiger partial charge in [-0.2, -0.15) is 4.31 Å². The zero-order chi connectivity index (χ0) is 28.4. The SMILES string of the molecule is CC[C@@H]1Cc2ccccc2S(=O)(=O)N(Cc2cc(C(OCc3cn(CC)nn3)C(C)(C)C(=O)O)ccc2C)C1. The third-order valence-electron chi connectivity index (χ3n) is 7.68. The highest BCUT2D eigenvalue weighted by atomic mass is 32.2. The molecule has 1 N–H and O–H groups in total. The number of nitrogens with zero attached hydrogens (tertiary/aromatic N) is 4. The number of hydrogen-bond acceptors (Lipinski definition) is 6. The Kier molecular flexibility index (Phi) is 8.58. The van der Waals surface area contributed by atoms with Gasteiger partial charge in [0.15, 0.2) is 0 Å². The molecule has 1 aliphatic rings. The number of rotatable bonds is 10. The van der Waals surface area contributed by atoms with E-state index in [0.29, 0.717) is 35.7 Å². The number of aliphatic carboxylic acids is 1. The van der Waals surface area contributed by atoms with E-state index < -0.39 is 27.5 Å². The molecule has 1 aliphatic heterocycles. The first-order valence-corrected chi connectivity index (χ1v) is 14.8. The van der Waals surface area contributed by atoms with Crippen LogP contribution in [0, 0.1) is 18.3 Å². The van der Waals surface area contributed by atoms with Crippen LogP contribution in [0.25, 0.3) is 0 Å². The minimum Gasteiger partial charge on any atom is -0.481 e. The molecule has 0 amide bonds. The van der Waals surface area contributed by atoms with Crippen LogP contribution in [-0.4, -0.2) is 45.3 Å². The van der Waals surface area contributed by atoms with Gasteiger partial charge in [0.1, 0.15) is 5.69 Å². The molecule has 0 radical (unpaired) electrons. The van der Waals surface area contributed by atoms with Gasteiger partial charge in [-0.25, -0.2) is 8.42 Å². The molecule has 210 valence electrons. The Labute approximate surface area is 230 Å². The van der Waals surface area contributed by atoms with E-state index in [1.165, 1.54) is 0 Å². The third kappa shape index (κ3) is 6.08. The van der Waals surface area contributed by atoms with Gasteiger partial charge in [-0.15, -0.1) is 5.10 Å². The summed E-state index contributed by atoms with van der Waals surface area (Å²) in [5, 5.41) is 18.2. The van der Waals surface area contributed by atoms with Crippen molar-refractivity contribution >= 4 is 16.0 Å². The maximum absolute atomic E-state index is 13.8. The Morgan fingerprint density at radius 1 is 1.21 bits per heavy atom. The average Bonchev–Trinajstić information content (AvgIpc) is 3.33. The van der Waals surface area contributed by atoms with Crippen LogP contribution in [-0.2, 0) is 45.7 Å². The average molecular weight is 555 g/mol. The van der Waals surface area contributed by atoms with E-state index in [1.54, 1.807) is 41.2 Å². The van der Waals surface area contributed by atoms with Crippen molar-refractivity contribution in [3.63, 3.8) is 0 Å². The molecule has 2 heterocycles. The van der Waals surface area contributed by atoms with E-state index in [0.717, 1.165) is 23.1 Å². The number of sulfonamides is 1. The molecule has 3 aromatic rings. The molecule has 39 heavy (non-hydrogen) atoms. The van der Waals surface area contributed by atoms with Crippen molar-refractivity contribution in [2.45, 2.75) is 78.2 Å². The fourth-order valence-corrected chi connectivity index (χ4v) is 6.75. The smallest absolute Gasteiger partial charge is 0.312 e. The second kappa shape index (κ2) is 11.6. The summed E-state index contributed by atoms with van der Waals surface area (Å²) in [5.74, 6) is -0.796. The summed E-state index contributed by atoms with van der Waals surface area (Å²) in [6.07, 6.45) is 2.56. The second-order valence-electron chi connectivity index (χ2n) is 10.9. The van der Waals surface area contributed by atoms with Crippen molar-refractivity contribution in [1.82, 2.24) is 19.3 Å². The standard InChI is InChI=1S/C29H38N4O5S/c1-6-21-14-22-10-8-9-11-26(22)39(36,37)33(16-21)17-24-15-23(13-12-20(24)3)27(29(4,5)28(34)35)38-19-25-18-32(7-2)31-30-25/h8-13,15,18,21,27H,6-7,14,16-17,19H2,1-5H3,(H,34,35)/t21-,27?/m1/s1. The molecule has 0 saturated heterocycles. The Hall–Kier alpha value is -3.08. The molecule has 4 rings (SSSR count). The Morgan fingerprint density at radius 3 is 2.62 bits per heavy atom. The molecule has 0 fully saturated rings. The second-order valence-corrected chi connectivity index (χ2v) is 12.8. The highest BCUT2D eigenvalue weighted by Gasteiger charge is 2.40. The predicted molar refractivity (Wildman–Crippen MR) is 147 cm³/mol. The van der Waals surface area contributed by atoms with E-state index in [9.17, 15) is 18.3 Å². The number of aromatic nitrogens is 3. The van der Waals surface area contributed by atoms with Crippen molar-refractivity contribution in [2.24, 2.45) is 11.3 Å². The Morgan fingerprint density at radius 2 is 1.95 bits per heavy atom. The topological polar surface area (TPSA) is 115 Å². The van der Waals surface area contributed by atoms with Crippen molar-refractivity contribution in [3.8, 4) is 0 Å². The van der Waals surface area contributed by atoms with Gasteiger partial charge in [-0.1, -0.05) is 55.0 Å². The lowest BCUT2D eigenvalue weighted by Crippen LogP contribution is -2.34. The van der Waals surface area contributed by atoms with Crippen LogP contribution >= 0.6 is 0 Å².